The van der Waals surface area contributed by atoms with E-state index in [0.717, 1.165) is 42.4 Å². The number of aromatic nitrogens is 2. The van der Waals surface area contributed by atoms with Gasteiger partial charge in [0.1, 0.15) is 6.54 Å². The number of benzene rings is 2. The van der Waals surface area contributed by atoms with Crippen LogP contribution in [0.25, 0.3) is 11.4 Å². The Labute approximate surface area is 197 Å². The standard InChI is InChI=1S/C25H25ClN4O3/c1-16-6-8-17(9-7-16)14-30-24(31)20-4-2-3-5-21(20)29(25(30)32)15-22-27-23(28-33-22)18-10-12-19(26)13-11-18/h6-13,20-21H,2-5,14-15H2,1H3. The SMILES string of the molecule is Cc1ccc(CN2C(=O)C3CCCCC3N(Cc3nc(-c4ccc(Cl)cc4)no3)C2=O)cc1. The molecule has 0 bridgehead atoms. The van der Waals surface area contributed by atoms with E-state index < -0.39 is 0 Å². The van der Waals surface area contributed by atoms with Crippen molar-refractivity contribution in [2.75, 3.05) is 0 Å². The molecule has 1 aliphatic heterocycles. The number of nitrogens with zero attached hydrogens (tertiary/aromatic N) is 4. The summed E-state index contributed by atoms with van der Waals surface area (Å²) in [5.41, 5.74) is 2.85. The Bertz CT molecular complexity index is 1160. The van der Waals surface area contributed by atoms with Crippen molar-refractivity contribution >= 4 is 23.5 Å². The zero-order valence-corrected chi connectivity index (χ0v) is 19.2. The molecule has 0 spiro atoms. The summed E-state index contributed by atoms with van der Waals surface area (Å²) in [6.07, 6.45) is 3.58. The van der Waals surface area contributed by atoms with Gasteiger partial charge in [0.25, 0.3) is 0 Å². The predicted octanol–water partition coefficient (Wildman–Crippen LogP) is 5.22. The molecule has 1 aliphatic carbocycles. The highest BCUT2D eigenvalue weighted by Crippen LogP contribution is 2.36. The predicted molar refractivity (Wildman–Crippen MR) is 123 cm³/mol. The van der Waals surface area contributed by atoms with Gasteiger partial charge in [0.2, 0.25) is 17.6 Å². The van der Waals surface area contributed by atoms with E-state index in [1.54, 1.807) is 17.0 Å². The molecule has 7 nitrogen and oxygen atoms in total. The number of hydrogen-bond donors (Lipinski definition) is 0. The van der Waals surface area contributed by atoms with Crippen molar-refractivity contribution < 1.29 is 14.1 Å². The zero-order chi connectivity index (χ0) is 22.9. The van der Waals surface area contributed by atoms with Crippen molar-refractivity contribution in [1.82, 2.24) is 19.9 Å². The van der Waals surface area contributed by atoms with Crippen LogP contribution in [0.2, 0.25) is 5.02 Å². The number of carbonyl (C=O) groups is 2. The number of carbonyl (C=O) groups excluding carboxylic acids is 2. The maximum Gasteiger partial charge on any atom is 0.327 e. The molecule has 1 saturated carbocycles. The number of fused-ring (bicyclic) bond motifs is 1. The van der Waals surface area contributed by atoms with E-state index in [2.05, 4.69) is 10.1 Å². The Morgan fingerprint density at radius 3 is 2.48 bits per heavy atom. The van der Waals surface area contributed by atoms with Gasteiger partial charge < -0.3 is 9.42 Å². The summed E-state index contributed by atoms with van der Waals surface area (Å²) in [5.74, 6) is 0.524. The molecule has 1 saturated heterocycles. The van der Waals surface area contributed by atoms with E-state index in [1.807, 2.05) is 43.3 Å². The molecule has 3 aromatic rings. The largest absolute Gasteiger partial charge is 0.337 e. The molecule has 33 heavy (non-hydrogen) atoms. The van der Waals surface area contributed by atoms with Gasteiger partial charge in [-0.05, 0) is 49.6 Å². The molecule has 2 aromatic carbocycles. The number of halogens is 1. The summed E-state index contributed by atoms with van der Waals surface area (Å²) < 4.78 is 5.48. The number of urea groups is 1. The first-order chi connectivity index (χ1) is 16.0. The third-order valence-corrected chi connectivity index (χ3v) is 6.78. The quantitative estimate of drug-likeness (QED) is 0.517. The molecule has 0 N–H and O–H groups in total. The maximum atomic E-state index is 13.5. The lowest BCUT2D eigenvalue weighted by atomic mass is 9.81. The Hall–Kier alpha value is -3.19. The molecule has 0 radical (unpaired) electrons. The molecule has 2 heterocycles. The zero-order valence-electron chi connectivity index (χ0n) is 18.4. The molecule has 5 rings (SSSR count). The molecule has 1 aromatic heterocycles. The normalized spacial score (nSPS) is 20.8. The van der Waals surface area contributed by atoms with Crippen LogP contribution in [0.5, 0.6) is 0 Å². The van der Waals surface area contributed by atoms with Crippen molar-refractivity contribution in [3.05, 3.63) is 70.6 Å². The number of amides is 3. The van der Waals surface area contributed by atoms with Crippen LogP contribution < -0.4 is 0 Å². The summed E-state index contributed by atoms with van der Waals surface area (Å²) in [6.45, 7) is 2.45. The van der Waals surface area contributed by atoms with Gasteiger partial charge in [-0.25, -0.2) is 4.79 Å². The Kier molecular flexibility index (Phi) is 5.89. The molecular formula is C25H25ClN4O3. The minimum Gasteiger partial charge on any atom is -0.337 e. The summed E-state index contributed by atoms with van der Waals surface area (Å²) in [4.78, 5) is 34.4. The molecular weight excluding hydrogens is 440 g/mol. The lowest BCUT2D eigenvalue weighted by Gasteiger charge is -2.46. The van der Waals surface area contributed by atoms with Gasteiger partial charge in [0.15, 0.2) is 0 Å². The van der Waals surface area contributed by atoms with E-state index in [4.69, 9.17) is 16.1 Å². The third-order valence-electron chi connectivity index (χ3n) is 6.53. The van der Waals surface area contributed by atoms with E-state index in [1.165, 1.54) is 4.90 Å². The van der Waals surface area contributed by atoms with Gasteiger partial charge in [-0.15, -0.1) is 0 Å². The summed E-state index contributed by atoms with van der Waals surface area (Å²) in [5, 5.41) is 4.70. The molecule has 2 atom stereocenters. The van der Waals surface area contributed by atoms with Crippen LogP contribution in [0.1, 0.15) is 42.7 Å². The Morgan fingerprint density at radius 2 is 1.73 bits per heavy atom. The minimum atomic E-state index is -0.296. The fraction of sp³-hybridized carbons (Fsp3) is 0.360. The monoisotopic (exact) mass is 464 g/mol. The van der Waals surface area contributed by atoms with E-state index >= 15 is 0 Å². The molecule has 2 fully saturated rings. The lowest BCUT2D eigenvalue weighted by molar-refractivity contribution is -0.141. The van der Waals surface area contributed by atoms with Crippen LogP contribution in [0.3, 0.4) is 0 Å². The van der Waals surface area contributed by atoms with Gasteiger partial charge in [-0.2, -0.15) is 4.98 Å². The molecule has 2 aliphatic rings. The summed E-state index contributed by atoms with van der Waals surface area (Å²) >= 11 is 5.96. The minimum absolute atomic E-state index is 0.0751. The first-order valence-corrected chi connectivity index (χ1v) is 11.6. The average Bonchev–Trinajstić information content (AvgIpc) is 3.30. The van der Waals surface area contributed by atoms with Gasteiger partial charge in [0, 0.05) is 16.6 Å². The topological polar surface area (TPSA) is 79.5 Å². The second-order valence-electron chi connectivity index (χ2n) is 8.80. The lowest BCUT2D eigenvalue weighted by Crippen LogP contribution is -2.61. The van der Waals surface area contributed by atoms with Gasteiger partial charge in [-0.3, -0.25) is 9.69 Å². The van der Waals surface area contributed by atoms with Gasteiger partial charge in [0.05, 0.1) is 12.5 Å². The van der Waals surface area contributed by atoms with Crippen LogP contribution in [-0.2, 0) is 17.9 Å². The van der Waals surface area contributed by atoms with Gasteiger partial charge >= 0.3 is 6.03 Å². The Balaban J connectivity index is 1.40. The van der Waals surface area contributed by atoms with Gasteiger partial charge in [-0.1, -0.05) is 59.4 Å². The second kappa shape index (κ2) is 8.98. The van der Waals surface area contributed by atoms with Crippen LogP contribution in [-0.4, -0.2) is 37.9 Å². The summed E-state index contributed by atoms with van der Waals surface area (Å²) in [7, 11) is 0. The number of rotatable bonds is 5. The van der Waals surface area contributed by atoms with Crippen LogP contribution in [0.4, 0.5) is 4.79 Å². The fourth-order valence-corrected chi connectivity index (χ4v) is 4.88. The highest BCUT2D eigenvalue weighted by Gasteiger charge is 2.47. The smallest absolute Gasteiger partial charge is 0.327 e. The van der Waals surface area contributed by atoms with E-state index in [0.29, 0.717) is 16.7 Å². The van der Waals surface area contributed by atoms with Crippen molar-refractivity contribution in [2.24, 2.45) is 5.92 Å². The van der Waals surface area contributed by atoms with Crippen molar-refractivity contribution in [2.45, 2.75) is 51.7 Å². The molecule has 2 unspecified atom stereocenters. The molecule has 8 heteroatoms. The van der Waals surface area contributed by atoms with Crippen molar-refractivity contribution in [3.8, 4) is 11.4 Å². The third kappa shape index (κ3) is 4.37. The van der Waals surface area contributed by atoms with Crippen LogP contribution >= 0.6 is 11.6 Å². The first kappa shape index (κ1) is 21.6. The fourth-order valence-electron chi connectivity index (χ4n) is 4.75. The highest BCUT2D eigenvalue weighted by molar-refractivity contribution is 6.30. The second-order valence-corrected chi connectivity index (χ2v) is 9.23. The number of aryl methyl sites for hydroxylation is 1. The Morgan fingerprint density at radius 1 is 1.00 bits per heavy atom. The van der Waals surface area contributed by atoms with Crippen molar-refractivity contribution in [3.63, 3.8) is 0 Å². The van der Waals surface area contributed by atoms with Crippen molar-refractivity contribution in [1.29, 1.82) is 0 Å². The molecule has 170 valence electrons. The van der Waals surface area contributed by atoms with Crippen LogP contribution in [0, 0.1) is 12.8 Å². The summed E-state index contributed by atoms with van der Waals surface area (Å²) in [6, 6.07) is 14.6. The van der Waals surface area contributed by atoms with E-state index in [9.17, 15) is 9.59 Å². The maximum absolute atomic E-state index is 13.5. The number of imide groups is 1. The molecule has 3 amide bonds. The highest BCUT2D eigenvalue weighted by atomic mass is 35.5. The van der Waals surface area contributed by atoms with Crippen LogP contribution in [0.15, 0.2) is 53.1 Å². The van der Waals surface area contributed by atoms with E-state index in [-0.39, 0.29) is 37.0 Å². The first-order valence-electron chi connectivity index (χ1n) is 11.3. The number of hydrogen-bond acceptors (Lipinski definition) is 5. The average molecular weight is 465 g/mol.